The van der Waals surface area contributed by atoms with Crippen LogP contribution in [0.1, 0.15) is 103 Å². The number of terminal acetylenes is 1. The molecule has 0 amide bonds. The average molecular weight is 393 g/mol. The van der Waals surface area contributed by atoms with E-state index in [-0.39, 0.29) is 12.8 Å². The van der Waals surface area contributed by atoms with Crippen molar-refractivity contribution < 1.29 is 0 Å². The van der Waals surface area contributed by atoms with Gasteiger partial charge in [-0.15, -0.1) is 6.42 Å². The molecule has 29 heavy (non-hydrogen) atoms. The summed E-state index contributed by atoms with van der Waals surface area (Å²) in [5, 5.41) is 0. The highest BCUT2D eigenvalue weighted by molar-refractivity contribution is 5.49. The highest BCUT2D eigenvalue weighted by Gasteiger charge is 2.48. The van der Waals surface area contributed by atoms with Crippen LogP contribution in [-0.2, 0) is 6.42 Å². The fourth-order valence-corrected chi connectivity index (χ4v) is 4.91. The molecule has 3 unspecified atom stereocenters. The summed E-state index contributed by atoms with van der Waals surface area (Å²) in [5.74, 6) is 4.23. The lowest BCUT2D eigenvalue weighted by Gasteiger charge is -2.45. The Bertz CT molecular complexity index is 750. The van der Waals surface area contributed by atoms with E-state index < -0.39 is 0 Å². The fraction of sp³-hybridized carbons (Fsp3) is 0.586. The van der Waals surface area contributed by atoms with Crippen LogP contribution in [0.15, 0.2) is 41.5 Å². The van der Waals surface area contributed by atoms with Gasteiger partial charge in [-0.05, 0) is 49.7 Å². The van der Waals surface area contributed by atoms with Crippen molar-refractivity contribution in [2.24, 2.45) is 11.3 Å². The topological polar surface area (TPSA) is 0 Å². The lowest BCUT2D eigenvalue weighted by molar-refractivity contribution is 0.224. The molecular weight excluding hydrogens is 348 g/mol. The maximum atomic E-state index is 5.75. The van der Waals surface area contributed by atoms with Crippen LogP contribution in [0, 0.1) is 30.6 Å². The second kappa shape index (κ2) is 11.4. The number of allylic oxidation sites excluding steroid dienone is 4. The number of hydrogen-bond donors (Lipinski definition) is 0. The summed E-state index contributed by atoms with van der Waals surface area (Å²) >= 11 is 0. The van der Waals surface area contributed by atoms with Crippen molar-refractivity contribution >= 4 is 0 Å². The van der Waals surface area contributed by atoms with E-state index in [4.69, 9.17) is 6.42 Å². The first kappa shape index (κ1) is 25.3. The van der Waals surface area contributed by atoms with E-state index in [2.05, 4.69) is 50.1 Å². The molecule has 1 aromatic carbocycles. The SMILES string of the molecule is C.C#CC1=CCC2C3=CCc4cc(C)ccc4C3CCC12C.C1CC1.CC.CC. The first-order valence-corrected chi connectivity index (χ1v) is 11.6. The van der Waals surface area contributed by atoms with E-state index in [1.165, 1.54) is 48.8 Å². The quantitative estimate of drug-likeness (QED) is 0.305. The lowest BCUT2D eigenvalue weighted by Crippen LogP contribution is -2.35. The molecule has 0 aromatic heterocycles. The summed E-state index contributed by atoms with van der Waals surface area (Å²) in [6.07, 6.45) is 19.8. The molecule has 3 atom stereocenters. The number of hydrogen-bond acceptors (Lipinski definition) is 0. The van der Waals surface area contributed by atoms with Crippen molar-refractivity contribution in [1.82, 2.24) is 0 Å². The monoisotopic (exact) mass is 392 g/mol. The summed E-state index contributed by atoms with van der Waals surface area (Å²) in [5.41, 5.74) is 7.63. The predicted molar refractivity (Wildman–Crippen MR) is 131 cm³/mol. The maximum absolute atomic E-state index is 5.75. The summed E-state index contributed by atoms with van der Waals surface area (Å²) in [6.45, 7) is 12.6. The Kier molecular flexibility index (Phi) is 9.98. The normalized spacial score (nSPS) is 26.9. The van der Waals surface area contributed by atoms with E-state index in [1.54, 1.807) is 11.1 Å². The van der Waals surface area contributed by atoms with E-state index in [0.717, 1.165) is 12.8 Å². The van der Waals surface area contributed by atoms with Gasteiger partial charge in [-0.3, -0.25) is 0 Å². The Labute approximate surface area is 181 Å². The van der Waals surface area contributed by atoms with Gasteiger partial charge in [0.05, 0.1) is 0 Å². The van der Waals surface area contributed by atoms with Crippen molar-refractivity contribution in [2.45, 2.75) is 99.8 Å². The minimum absolute atomic E-state index is 0. The zero-order valence-electron chi connectivity index (χ0n) is 19.1. The minimum atomic E-state index is 0. The molecule has 0 radical (unpaired) electrons. The molecule has 0 N–H and O–H groups in total. The third kappa shape index (κ3) is 5.25. The molecule has 1 aromatic rings. The second-order valence-electron chi connectivity index (χ2n) is 8.23. The van der Waals surface area contributed by atoms with Gasteiger partial charge in [-0.25, -0.2) is 0 Å². The molecule has 0 aliphatic heterocycles. The number of fused-ring (bicyclic) bond motifs is 5. The van der Waals surface area contributed by atoms with Crippen LogP contribution in [0.5, 0.6) is 0 Å². The number of aryl methyl sites for hydroxylation is 1. The Balaban J connectivity index is 0.000000462. The lowest BCUT2D eigenvalue weighted by atomic mass is 9.58. The van der Waals surface area contributed by atoms with Crippen molar-refractivity contribution in [3.05, 3.63) is 58.2 Å². The fourth-order valence-electron chi connectivity index (χ4n) is 4.91. The van der Waals surface area contributed by atoms with Crippen LogP contribution in [0.4, 0.5) is 0 Å². The molecule has 0 bridgehead atoms. The van der Waals surface area contributed by atoms with Gasteiger partial charge in [0.25, 0.3) is 0 Å². The smallest absolute Gasteiger partial charge is 0.00699 e. The standard InChI is InChI=1S/C21H22.C3H6.2C2H6.CH4/c1-4-16-7-10-20-19-9-6-15-13-14(2)5-8-17(15)18(19)11-12-21(16,20)3;1-2-3-1;2*1-2;/h1,5,7-9,13,18,20H,6,10-12H2,2-3H3;1-3H2;2*1-2H3;1H4. The molecule has 0 heteroatoms. The summed E-state index contributed by atoms with van der Waals surface area (Å²) in [7, 11) is 0. The highest BCUT2D eigenvalue weighted by Crippen LogP contribution is 2.59. The summed E-state index contributed by atoms with van der Waals surface area (Å²) < 4.78 is 0. The van der Waals surface area contributed by atoms with Gasteiger partial charge >= 0.3 is 0 Å². The van der Waals surface area contributed by atoms with Crippen molar-refractivity contribution in [3.63, 3.8) is 0 Å². The summed E-state index contributed by atoms with van der Waals surface area (Å²) in [4.78, 5) is 0. The molecule has 0 saturated heterocycles. The second-order valence-corrected chi connectivity index (χ2v) is 8.23. The maximum Gasteiger partial charge on any atom is 0.00699 e. The molecule has 4 aliphatic carbocycles. The Morgan fingerprint density at radius 3 is 2.28 bits per heavy atom. The van der Waals surface area contributed by atoms with Gasteiger partial charge in [-0.2, -0.15) is 0 Å². The molecular formula is C29H44. The third-order valence-electron chi connectivity index (χ3n) is 6.44. The first-order valence-electron chi connectivity index (χ1n) is 11.6. The largest absolute Gasteiger partial charge is 0.115 e. The summed E-state index contributed by atoms with van der Waals surface area (Å²) in [6, 6.07) is 7.01. The molecule has 0 heterocycles. The molecule has 2 saturated carbocycles. The van der Waals surface area contributed by atoms with E-state index in [1.807, 2.05) is 27.7 Å². The van der Waals surface area contributed by atoms with Crippen LogP contribution in [-0.4, -0.2) is 0 Å². The molecule has 0 spiro atoms. The third-order valence-corrected chi connectivity index (χ3v) is 6.44. The Morgan fingerprint density at radius 2 is 1.69 bits per heavy atom. The van der Waals surface area contributed by atoms with E-state index in [9.17, 15) is 0 Å². The predicted octanol–water partition coefficient (Wildman–Crippen LogP) is 8.80. The number of rotatable bonds is 0. The zero-order chi connectivity index (χ0) is 20.7. The van der Waals surface area contributed by atoms with E-state index >= 15 is 0 Å². The van der Waals surface area contributed by atoms with Gasteiger partial charge in [0, 0.05) is 16.9 Å². The molecule has 2 fully saturated rings. The molecule has 5 rings (SSSR count). The van der Waals surface area contributed by atoms with Gasteiger partial charge in [0.2, 0.25) is 0 Å². The van der Waals surface area contributed by atoms with Gasteiger partial charge < -0.3 is 0 Å². The van der Waals surface area contributed by atoms with Gasteiger partial charge in [0.1, 0.15) is 0 Å². The highest BCUT2D eigenvalue weighted by atomic mass is 14.5. The average Bonchev–Trinajstić information content (AvgIpc) is 3.58. The number of benzene rings is 1. The van der Waals surface area contributed by atoms with Gasteiger partial charge in [-0.1, -0.05) is 109 Å². The van der Waals surface area contributed by atoms with Crippen LogP contribution >= 0.6 is 0 Å². The van der Waals surface area contributed by atoms with Crippen LogP contribution in [0.3, 0.4) is 0 Å². The minimum Gasteiger partial charge on any atom is -0.115 e. The van der Waals surface area contributed by atoms with Crippen LogP contribution in [0.2, 0.25) is 0 Å². The molecule has 4 aliphatic rings. The Morgan fingerprint density at radius 1 is 1.03 bits per heavy atom. The zero-order valence-corrected chi connectivity index (χ0v) is 19.1. The Hall–Kier alpha value is -1.74. The van der Waals surface area contributed by atoms with Gasteiger partial charge in [0.15, 0.2) is 0 Å². The first-order chi connectivity index (χ1) is 13.6. The van der Waals surface area contributed by atoms with Crippen molar-refractivity contribution in [3.8, 4) is 12.3 Å². The molecule has 160 valence electrons. The van der Waals surface area contributed by atoms with Crippen LogP contribution in [0.25, 0.3) is 0 Å². The van der Waals surface area contributed by atoms with Crippen molar-refractivity contribution in [1.29, 1.82) is 0 Å². The van der Waals surface area contributed by atoms with Crippen molar-refractivity contribution in [2.75, 3.05) is 0 Å². The van der Waals surface area contributed by atoms with Crippen LogP contribution < -0.4 is 0 Å². The van der Waals surface area contributed by atoms with E-state index in [0.29, 0.717) is 11.8 Å². The molecule has 0 nitrogen and oxygen atoms in total.